The third kappa shape index (κ3) is 3.92. The molecular weight excluding hydrogens is 427 g/mol. The van der Waals surface area contributed by atoms with Crippen molar-refractivity contribution in [1.82, 2.24) is 9.55 Å². The lowest BCUT2D eigenvalue weighted by atomic mass is 9.74. The SMILES string of the molecule is C[C@H]1C[C@@H](N)C2(CCN(c3ncc(Sc4cccc(Cl)c4Cl)n(C)c3=O)CC2)C1. The molecule has 1 aliphatic carbocycles. The molecule has 1 aliphatic heterocycles. The van der Waals surface area contributed by atoms with E-state index in [0.717, 1.165) is 42.3 Å². The highest BCUT2D eigenvalue weighted by atomic mass is 35.5. The van der Waals surface area contributed by atoms with Crippen LogP contribution in [0.1, 0.15) is 32.6 Å². The number of anilines is 1. The Bertz CT molecular complexity index is 972. The number of nitrogens with zero attached hydrogens (tertiary/aromatic N) is 3. The summed E-state index contributed by atoms with van der Waals surface area (Å²) in [5.74, 6) is 1.21. The quantitative estimate of drug-likeness (QED) is 0.737. The largest absolute Gasteiger partial charge is 0.352 e. The normalized spacial score (nSPS) is 23.7. The Morgan fingerprint density at radius 1 is 1.28 bits per heavy atom. The Kier molecular flexibility index (Phi) is 5.90. The maximum atomic E-state index is 13.0. The number of piperidine rings is 1. The summed E-state index contributed by atoms with van der Waals surface area (Å²) < 4.78 is 1.64. The first-order chi connectivity index (χ1) is 13.8. The summed E-state index contributed by atoms with van der Waals surface area (Å²) >= 11 is 13.8. The molecule has 2 atom stereocenters. The van der Waals surface area contributed by atoms with Gasteiger partial charge in [-0.05, 0) is 49.1 Å². The van der Waals surface area contributed by atoms with E-state index in [-0.39, 0.29) is 17.0 Å². The van der Waals surface area contributed by atoms with E-state index in [9.17, 15) is 4.79 Å². The molecule has 2 aromatic rings. The number of hydrogen-bond acceptors (Lipinski definition) is 5. The van der Waals surface area contributed by atoms with Crippen molar-refractivity contribution in [3.63, 3.8) is 0 Å². The van der Waals surface area contributed by atoms with Gasteiger partial charge in [0.25, 0.3) is 5.56 Å². The molecular formula is C21H26Cl2N4OS. The molecule has 2 heterocycles. The third-order valence-electron chi connectivity index (χ3n) is 6.51. The van der Waals surface area contributed by atoms with Crippen LogP contribution >= 0.6 is 35.0 Å². The smallest absolute Gasteiger partial charge is 0.294 e. The molecule has 2 fully saturated rings. The Balaban J connectivity index is 1.53. The van der Waals surface area contributed by atoms with E-state index in [1.54, 1.807) is 23.9 Å². The van der Waals surface area contributed by atoms with Gasteiger partial charge >= 0.3 is 0 Å². The van der Waals surface area contributed by atoms with Gasteiger partial charge in [-0.25, -0.2) is 4.98 Å². The number of nitrogens with two attached hydrogens (primary N) is 1. The molecule has 1 aromatic heterocycles. The van der Waals surface area contributed by atoms with Gasteiger partial charge in [0.05, 0.1) is 16.2 Å². The van der Waals surface area contributed by atoms with Crippen molar-refractivity contribution < 1.29 is 0 Å². The van der Waals surface area contributed by atoms with Crippen molar-refractivity contribution in [2.45, 2.75) is 48.6 Å². The predicted octanol–water partition coefficient (Wildman–Crippen LogP) is 4.58. The van der Waals surface area contributed by atoms with E-state index >= 15 is 0 Å². The molecule has 0 unspecified atom stereocenters. The van der Waals surface area contributed by atoms with Crippen LogP contribution in [-0.2, 0) is 7.05 Å². The molecule has 5 nitrogen and oxygen atoms in total. The van der Waals surface area contributed by atoms with Gasteiger partial charge in [-0.3, -0.25) is 4.79 Å². The van der Waals surface area contributed by atoms with Crippen LogP contribution in [0.15, 0.2) is 39.1 Å². The Morgan fingerprint density at radius 2 is 2.00 bits per heavy atom. The minimum Gasteiger partial charge on any atom is -0.352 e. The van der Waals surface area contributed by atoms with E-state index in [2.05, 4.69) is 16.8 Å². The molecule has 1 saturated carbocycles. The highest BCUT2D eigenvalue weighted by Gasteiger charge is 2.46. The fourth-order valence-electron chi connectivity index (χ4n) is 4.85. The van der Waals surface area contributed by atoms with Crippen LogP contribution in [0.4, 0.5) is 5.82 Å². The summed E-state index contributed by atoms with van der Waals surface area (Å²) in [5.41, 5.74) is 6.61. The molecule has 2 aliphatic rings. The summed E-state index contributed by atoms with van der Waals surface area (Å²) in [6.45, 7) is 3.95. The highest BCUT2D eigenvalue weighted by Crippen LogP contribution is 2.48. The fourth-order valence-corrected chi connectivity index (χ4v) is 6.22. The Labute approximate surface area is 185 Å². The monoisotopic (exact) mass is 452 g/mol. The van der Waals surface area contributed by atoms with E-state index in [0.29, 0.717) is 21.8 Å². The van der Waals surface area contributed by atoms with Gasteiger partial charge < -0.3 is 15.2 Å². The van der Waals surface area contributed by atoms with Crippen LogP contribution in [0, 0.1) is 11.3 Å². The number of rotatable bonds is 3. The molecule has 0 amide bonds. The molecule has 1 saturated heterocycles. The number of aromatic nitrogens is 2. The lowest BCUT2D eigenvalue weighted by Crippen LogP contribution is -2.48. The summed E-state index contributed by atoms with van der Waals surface area (Å²) in [7, 11) is 1.77. The zero-order chi connectivity index (χ0) is 20.8. The number of hydrogen-bond donors (Lipinski definition) is 1. The molecule has 156 valence electrons. The molecule has 1 aromatic carbocycles. The topological polar surface area (TPSA) is 64.2 Å². The zero-order valence-electron chi connectivity index (χ0n) is 16.7. The van der Waals surface area contributed by atoms with Crippen molar-refractivity contribution in [2.75, 3.05) is 18.0 Å². The number of halogens is 2. The van der Waals surface area contributed by atoms with Crippen molar-refractivity contribution >= 4 is 40.8 Å². The fraction of sp³-hybridized carbons (Fsp3) is 0.524. The molecule has 29 heavy (non-hydrogen) atoms. The average Bonchev–Trinajstić information content (AvgIpc) is 2.96. The summed E-state index contributed by atoms with van der Waals surface area (Å²) in [4.78, 5) is 20.5. The van der Waals surface area contributed by atoms with Gasteiger partial charge in [0.2, 0.25) is 0 Å². The van der Waals surface area contributed by atoms with Gasteiger partial charge in [0.1, 0.15) is 5.03 Å². The van der Waals surface area contributed by atoms with Crippen molar-refractivity contribution in [2.24, 2.45) is 24.1 Å². The maximum Gasteiger partial charge on any atom is 0.294 e. The molecule has 8 heteroatoms. The standard InChI is InChI=1S/C21H26Cl2N4OS/c1-13-10-16(24)21(11-13)6-8-27(9-7-21)19-20(28)26(2)17(12-25-19)29-15-5-3-4-14(22)18(15)23/h3-5,12-13,16H,6-11,24H2,1-2H3/t13-,16+/m0/s1. The minimum absolute atomic E-state index is 0.0896. The molecule has 0 radical (unpaired) electrons. The van der Waals surface area contributed by atoms with Gasteiger partial charge in [-0.15, -0.1) is 0 Å². The highest BCUT2D eigenvalue weighted by molar-refractivity contribution is 7.99. The predicted molar refractivity (Wildman–Crippen MR) is 120 cm³/mol. The Hall–Kier alpha value is -1.21. The van der Waals surface area contributed by atoms with Crippen LogP contribution in [0.25, 0.3) is 0 Å². The van der Waals surface area contributed by atoms with Gasteiger partial charge in [0, 0.05) is 31.1 Å². The summed E-state index contributed by atoms with van der Waals surface area (Å²) in [5, 5.41) is 1.70. The summed E-state index contributed by atoms with van der Waals surface area (Å²) in [6, 6.07) is 5.74. The third-order valence-corrected chi connectivity index (χ3v) is 8.59. The summed E-state index contributed by atoms with van der Waals surface area (Å²) in [6.07, 6.45) is 6.10. The van der Waals surface area contributed by atoms with E-state index in [4.69, 9.17) is 28.9 Å². The number of benzene rings is 1. The van der Waals surface area contributed by atoms with E-state index in [1.165, 1.54) is 18.2 Å². The van der Waals surface area contributed by atoms with Gasteiger partial charge in [-0.1, -0.05) is 48.0 Å². The lowest BCUT2D eigenvalue weighted by Gasteiger charge is -2.42. The van der Waals surface area contributed by atoms with Crippen LogP contribution in [-0.4, -0.2) is 28.7 Å². The van der Waals surface area contributed by atoms with Crippen LogP contribution in [0.5, 0.6) is 0 Å². The second-order valence-electron chi connectivity index (χ2n) is 8.44. The van der Waals surface area contributed by atoms with Crippen LogP contribution in [0.2, 0.25) is 10.0 Å². The zero-order valence-corrected chi connectivity index (χ0v) is 19.0. The molecule has 4 rings (SSSR count). The van der Waals surface area contributed by atoms with Crippen molar-refractivity contribution in [3.8, 4) is 0 Å². The minimum atomic E-state index is -0.0896. The van der Waals surface area contributed by atoms with Crippen molar-refractivity contribution in [1.29, 1.82) is 0 Å². The van der Waals surface area contributed by atoms with E-state index < -0.39 is 0 Å². The molecule has 0 bridgehead atoms. The van der Waals surface area contributed by atoms with Crippen molar-refractivity contribution in [3.05, 3.63) is 44.8 Å². The van der Waals surface area contributed by atoms with Crippen LogP contribution < -0.4 is 16.2 Å². The second-order valence-corrected chi connectivity index (χ2v) is 10.3. The average molecular weight is 453 g/mol. The molecule has 2 N–H and O–H groups in total. The first-order valence-electron chi connectivity index (χ1n) is 9.99. The Morgan fingerprint density at radius 3 is 2.66 bits per heavy atom. The van der Waals surface area contributed by atoms with E-state index in [1.807, 2.05) is 12.1 Å². The first-order valence-corrected chi connectivity index (χ1v) is 11.6. The molecule has 1 spiro atoms. The van der Waals surface area contributed by atoms with Gasteiger partial charge in [-0.2, -0.15) is 0 Å². The first kappa shape index (κ1) is 21.0. The maximum absolute atomic E-state index is 13.0. The second kappa shape index (κ2) is 8.14. The van der Waals surface area contributed by atoms with Gasteiger partial charge in [0.15, 0.2) is 5.82 Å². The lowest BCUT2D eigenvalue weighted by molar-refractivity contribution is 0.192. The van der Waals surface area contributed by atoms with Crippen LogP contribution in [0.3, 0.4) is 0 Å².